The Hall–Kier alpha value is 0.770. The molecule has 0 saturated carbocycles. The van der Waals surface area contributed by atoms with Crippen LogP contribution in [0, 0.1) is 0 Å². The molecule has 0 aliphatic carbocycles. The number of nitrogens with zero attached hydrogens (tertiary/aromatic N) is 1. The lowest BCUT2D eigenvalue weighted by Crippen LogP contribution is -1.84. The molecule has 2 N–H and O–H groups in total. The Morgan fingerprint density at radius 3 is 2.09 bits per heavy atom. The Bertz CT molecular complexity index is 270. The van der Waals surface area contributed by atoms with Crippen molar-refractivity contribution in [3.63, 3.8) is 0 Å². The molecular weight excluding hydrogens is 253 g/mol. The summed E-state index contributed by atoms with van der Waals surface area (Å²) in [6.45, 7) is 0. The summed E-state index contributed by atoms with van der Waals surface area (Å²) in [4.78, 5) is 3.54. The summed E-state index contributed by atoms with van der Waals surface area (Å²) in [7, 11) is 1.90. The molecule has 0 fully saturated rings. The van der Waals surface area contributed by atoms with Gasteiger partial charge >= 0.3 is 0 Å². The predicted octanol–water partition coefficient (Wildman–Crippen LogP) is 3.71. The first kappa shape index (κ1) is 9.85. The molecule has 0 saturated heterocycles. The second kappa shape index (κ2) is 3.26. The fourth-order valence-electron chi connectivity index (χ4n) is 0.424. The van der Waals surface area contributed by atoms with Gasteiger partial charge in [-0.25, -0.2) is 4.98 Å². The molecule has 3 nitrogen and oxygen atoms in total. The van der Waals surface area contributed by atoms with E-state index in [2.05, 4.69) is 4.98 Å². The van der Waals surface area contributed by atoms with Gasteiger partial charge in [0, 0.05) is 10.7 Å². The monoisotopic (exact) mass is 253 g/mol. The third kappa shape index (κ3) is 2.35. The number of aromatic nitrogens is 1. The zero-order chi connectivity index (χ0) is 8.65. The summed E-state index contributed by atoms with van der Waals surface area (Å²) in [5, 5.41) is -0.0602. The molecule has 0 radical (unpaired) electrons. The third-order valence-electron chi connectivity index (χ3n) is 0.767. The highest BCUT2D eigenvalue weighted by atomic mass is 35.7. The fourth-order valence-corrected chi connectivity index (χ4v) is 3.46. The van der Waals surface area contributed by atoms with Crippen molar-refractivity contribution >= 4 is 55.0 Å². The lowest BCUT2D eigenvalue weighted by molar-refractivity contribution is 0.509. The number of halogens is 3. The maximum Gasteiger partial charge on any atom is 0.186 e. The molecule has 0 spiro atoms. The first-order valence-electron chi connectivity index (χ1n) is 2.21. The Kier molecular flexibility index (Phi) is 2.92. The molecule has 0 amide bonds. The summed E-state index contributed by atoms with van der Waals surface area (Å²) in [6, 6.07) is 0. The van der Waals surface area contributed by atoms with Crippen LogP contribution in [0.2, 0.25) is 9.62 Å². The third-order valence-corrected chi connectivity index (χ3v) is 4.57. The van der Waals surface area contributed by atoms with Crippen LogP contribution < -0.4 is 0 Å². The van der Waals surface area contributed by atoms with E-state index in [0.717, 1.165) is 11.3 Å². The molecule has 0 aromatic carbocycles. The Balaban J connectivity index is 3.13. The van der Waals surface area contributed by atoms with E-state index in [1.807, 2.05) is 0 Å². The van der Waals surface area contributed by atoms with Gasteiger partial charge in [0.2, 0.25) is 0 Å². The maximum atomic E-state index is 8.91. The number of hydrogen-bond donors (Lipinski definition) is 2. The molecule has 1 aromatic rings. The SMILES string of the molecule is OS(O)(Cl)c1sc(Cl)nc1Cl. The molecule has 0 bridgehead atoms. The van der Waals surface area contributed by atoms with Crippen LogP contribution in [0.15, 0.2) is 4.21 Å². The molecule has 0 unspecified atom stereocenters. The zero-order valence-electron chi connectivity index (χ0n) is 4.79. The summed E-state index contributed by atoms with van der Waals surface area (Å²) in [5.41, 5.74) is 0. The van der Waals surface area contributed by atoms with Crippen LogP contribution in [0.1, 0.15) is 0 Å². The van der Waals surface area contributed by atoms with Crippen molar-refractivity contribution in [3.8, 4) is 0 Å². The van der Waals surface area contributed by atoms with Gasteiger partial charge in [0.25, 0.3) is 0 Å². The highest BCUT2D eigenvalue weighted by Gasteiger charge is 2.20. The van der Waals surface area contributed by atoms with Crippen LogP contribution in [0.3, 0.4) is 0 Å². The fraction of sp³-hybridized carbons (Fsp3) is 0. The predicted molar refractivity (Wildman–Crippen MR) is 49.1 cm³/mol. The quantitative estimate of drug-likeness (QED) is 0.803. The molecule has 0 aliphatic rings. The summed E-state index contributed by atoms with van der Waals surface area (Å²) >= 11 is 11.7. The summed E-state index contributed by atoms with van der Waals surface area (Å²) in [5.74, 6) is 0. The van der Waals surface area contributed by atoms with Gasteiger partial charge in [0.05, 0.1) is 0 Å². The lowest BCUT2D eigenvalue weighted by atomic mass is 11.0. The van der Waals surface area contributed by atoms with E-state index in [-0.39, 0.29) is 13.8 Å². The van der Waals surface area contributed by atoms with Crippen molar-refractivity contribution < 1.29 is 9.11 Å². The Morgan fingerprint density at radius 1 is 1.36 bits per heavy atom. The van der Waals surface area contributed by atoms with Gasteiger partial charge < -0.3 is 0 Å². The lowest BCUT2D eigenvalue weighted by Gasteiger charge is -2.19. The molecule has 1 rings (SSSR count). The van der Waals surface area contributed by atoms with E-state index in [1.165, 1.54) is 0 Å². The van der Waals surface area contributed by atoms with E-state index in [9.17, 15) is 0 Å². The normalized spacial score (nSPS) is 13.5. The topological polar surface area (TPSA) is 53.4 Å². The van der Waals surface area contributed by atoms with Gasteiger partial charge in [0.1, 0.15) is 0 Å². The van der Waals surface area contributed by atoms with Gasteiger partial charge in [-0.05, 0) is 0 Å². The Morgan fingerprint density at radius 2 is 1.91 bits per heavy atom. The minimum absolute atomic E-state index is 0.00540. The van der Waals surface area contributed by atoms with E-state index >= 15 is 0 Å². The number of hydrogen-bond acceptors (Lipinski definition) is 4. The second-order valence-corrected chi connectivity index (χ2v) is 6.38. The molecule has 0 atom stereocenters. The van der Waals surface area contributed by atoms with Crippen LogP contribution in [0.5, 0.6) is 0 Å². The first-order valence-corrected chi connectivity index (χ1v) is 6.15. The first-order chi connectivity index (χ1) is 4.91. The van der Waals surface area contributed by atoms with Crippen molar-refractivity contribution in [2.45, 2.75) is 4.21 Å². The number of thiazole rings is 1. The van der Waals surface area contributed by atoms with E-state index < -0.39 is 9.80 Å². The minimum Gasteiger partial charge on any atom is -0.280 e. The van der Waals surface area contributed by atoms with Crippen LogP contribution in [-0.2, 0) is 0 Å². The highest BCUT2D eigenvalue weighted by Crippen LogP contribution is 2.58. The van der Waals surface area contributed by atoms with E-state index in [0.29, 0.717) is 0 Å². The van der Waals surface area contributed by atoms with Gasteiger partial charge in [-0.2, -0.15) is 0 Å². The highest BCUT2D eigenvalue weighted by molar-refractivity contribution is 8.44. The van der Waals surface area contributed by atoms with Crippen molar-refractivity contribution in [1.82, 2.24) is 4.98 Å². The van der Waals surface area contributed by atoms with Crippen molar-refractivity contribution in [2.24, 2.45) is 0 Å². The van der Waals surface area contributed by atoms with Crippen LogP contribution in [0.25, 0.3) is 0 Å². The standard InChI is InChI=1S/C3H2Cl3NO2S2/c4-1-2(11(6,8)9)10-3(5)7-1/h8-9H. The van der Waals surface area contributed by atoms with Gasteiger partial charge in [0.15, 0.2) is 13.8 Å². The zero-order valence-corrected chi connectivity index (χ0v) is 8.69. The molecule has 1 heterocycles. The number of rotatable bonds is 1. The van der Waals surface area contributed by atoms with Gasteiger partial charge in [-0.1, -0.05) is 44.3 Å². The van der Waals surface area contributed by atoms with E-state index in [4.69, 9.17) is 43.0 Å². The van der Waals surface area contributed by atoms with Gasteiger partial charge in [-0.15, -0.1) is 0 Å². The second-order valence-electron chi connectivity index (χ2n) is 1.52. The minimum atomic E-state index is -3.30. The molecule has 11 heavy (non-hydrogen) atoms. The summed E-state index contributed by atoms with van der Waals surface area (Å²) < 4.78 is 18.0. The molecule has 1 aromatic heterocycles. The average molecular weight is 255 g/mol. The molecule has 0 aliphatic heterocycles. The molecule has 8 heteroatoms. The van der Waals surface area contributed by atoms with E-state index in [1.54, 1.807) is 0 Å². The summed E-state index contributed by atoms with van der Waals surface area (Å²) in [6.07, 6.45) is 0. The molecule has 64 valence electrons. The average Bonchev–Trinajstić information content (AvgIpc) is 2.08. The molecular formula is C3H2Cl3NO2S2. The van der Waals surface area contributed by atoms with Crippen molar-refractivity contribution in [3.05, 3.63) is 9.62 Å². The van der Waals surface area contributed by atoms with Gasteiger partial charge in [-0.3, -0.25) is 9.11 Å². The largest absolute Gasteiger partial charge is 0.280 e. The van der Waals surface area contributed by atoms with Crippen molar-refractivity contribution in [1.29, 1.82) is 0 Å². The van der Waals surface area contributed by atoms with Crippen molar-refractivity contribution in [2.75, 3.05) is 0 Å². The van der Waals surface area contributed by atoms with Crippen LogP contribution in [-0.4, -0.2) is 14.1 Å². The van der Waals surface area contributed by atoms with Crippen LogP contribution in [0.4, 0.5) is 0 Å². The van der Waals surface area contributed by atoms with Crippen LogP contribution >= 0.6 is 55.0 Å². The Labute approximate surface area is 82.8 Å². The maximum absolute atomic E-state index is 8.91. The smallest absolute Gasteiger partial charge is 0.186 e.